The number of hydrogen-bond donors (Lipinski definition) is 2. The van der Waals surface area contributed by atoms with Crippen LogP contribution >= 0.6 is 15.9 Å². The molecule has 0 saturated carbocycles. The first kappa shape index (κ1) is 15.8. The maximum atomic E-state index is 12.3. The Morgan fingerprint density at radius 3 is 2.32 bits per heavy atom. The van der Waals surface area contributed by atoms with E-state index in [4.69, 9.17) is 6.42 Å². The van der Waals surface area contributed by atoms with E-state index in [1.807, 2.05) is 6.07 Å². The lowest BCUT2D eigenvalue weighted by atomic mass is 10.1. The Bertz CT molecular complexity index is 750. The van der Waals surface area contributed by atoms with E-state index in [1.54, 1.807) is 42.5 Å². The molecule has 22 heavy (non-hydrogen) atoms. The van der Waals surface area contributed by atoms with Gasteiger partial charge in [0.1, 0.15) is 0 Å². The van der Waals surface area contributed by atoms with Crippen LogP contribution in [-0.4, -0.2) is 18.4 Å². The van der Waals surface area contributed by atoms with E-state index in [2.05, 4.69) is 32.5 Å². The summed E-state index contributed by atoms with van der Waals surface area (Å²) in [6.45, 7) is 0.130. The van der Waals surface area contributed by atoms with Crippen LogP contribution in [0, 0.1) is 12.3 Å². The highest BCUT2D eigenvalue weighted by Crippen LogP contribution is 2.20. The molecule has 5 heteroatoms. The summed E-state index contributed by atoms with van der Waals surface area (Å²) in [5.41, 5.74) is 1.28. The predicted molar refractivity (Wildman–Crippen MR) is 89.7 cm³/mol. The van der Waals surface area contributed by atoms with Gasteiger partial charge in [-0.25, -0.2) is 0 Å². The van der Waals surface area contributed by atoms with Crippen LogP contribution in [0.25, 0.3) is 0 Å². The quantitative estimate of drug-likeness (QED) is 0.827. The fraction of sp³-hybridized carbons (Fsp3) is 0.0588. The number of anilines is 1. The molecule has 0 unspecified atom stereocenters. The Morgan fingerprint density at radius 1 is 1.00 bits per heavy atom. The van der Waals surface area contributed by atoms with Gasteiger partial charge in [0.2, 0.25) is 0 Å². The zero-order valence-corrected chi connectivity index (χ0v) is 13.2. The van der Waals surface area contributed by atoms with Crippen LogP contribution in [0.1, 0.15) is 20.7 Å². The van der Waals surface area contributed by atoms with Gasteiger partial charge in [0.25, 0.3) is 11.8 Å². The maximum absolute atomic E-state index is 12.3. The summed E-state index contributed by atoms with van der Waals surface area (Å²) < 4.78 is 0.682. The summed E-state index contributed by atoms with van der Waals surface area (Å²) in [4.78, 5) is 24.4. The van der Waals surface area contributed by atoms with E-state index in [1.165, 1.54) is 0 Å². The summed E-state index contributed by atoms with van der Waals surface area (Å²) in [6.07, 6.45) is 5.13. The van der Waals surface area contributed by atoms with E-state index < -0.39 is 0 Å². The topological polar surface area (TPSA) is 58.2 Å². The minimum absolute atomic E-state index is 0.130. The molecule has 2 amide bonds. The molecule has 0 radical (unpaired) electrons. The van der Waals surface area contributed by atoms with E-state index in [9.17, 15) is 9.59 Å². The van der Waals surface area contributed by atoms with E-state index in [0.29, 0.717) is 21.3 Å². The fourth-order valence-corrected chi connectivity index (χ4v) is 2.32. The van der Waals surface area contributed by atoms with Crippen molar-refractivity contribution >= 4 is 33.4 Å². The van der Waals surface area contributed by atoms with E-state index in [-0.39, 0.29) is 18.4 Å². The molecule has 0 bridgehead atoms. The maximum Gasteiger partial charge on any atom is 0.256 e. The lowest BCUT2D eigenvalue weighted by molar-refractivity contribution is 0.0959. The SMILES string of the molecule is C#CCNC(=O)c1ccccc1NC(=O)c1ccccc1Br. The summed E-state index contributed by atoms with van der Waals surface area (Å²) in [5, 5.41) is 5.32. The van der Waals surface area contributed by atoms with Crippen LogP contribution in [-0.2, 0) is 0 Å². The summed E-state index contributed by atoms with van der Waals surface area (Å²) >= 11 is 3.33. The highest BCUT2D eigenvalue weighted by molar-refractivity contribution is 9.10. The number of carbonyl (C=O) groups is 2. The third kappa shape index (κ3) is 3.74. The Kier molecular flexibility index (Phi) is 5.34. The molecular weight excluding hydrogens is 344 g/mol. The third-order valence-corrected chi connectivity index (χ3v) is 3.58. The Morgan fingerprint density at radius 2 is 1.64 bits per heavy atom. The third-order valence-electron chi connectivity index (χ3n) is 2.89. The zero-order valence-electron chi connectivity index (χ0n) is 11.6. The number of nitrogens with one attached hydrogen (secondary N) is 2. The molecule has 110 valence electrons. The molecule has 2 aromatic rings. The Hall–Kier alpha value is -2.58. The van der Waals surface area contributed by atoms with Crippen molar-refractivity contribution < 1.29 is 9.59 Å². The molecule has 0 atom stereocenters. The van der Waals surface area contributed by atoms with Gasteiger partial charge in [-0.2, -0.15) is 0 Å². The second kappa shape index (κ2) is 7.43. The minimum atomic E-state index is -0.332. The van der Waals surface area contributed by atoms with Crippen molar-refractivity contribution in [3.05, 3.63) is 64.1 Å². The van der Waals surface area contributed by atoms with Gasteiger partial charge in [0.05, 0.1) is 23.4 Å². The Labute approximate surface area is 137 Å². The van der Waals surface area contributed by atoms with Crippen LogP contribution < -0.4 is 10.6 Å². The van der Waals surface area contributed by atoms with Gasteiger partial charge in [-0.1, -0.05) is 30.2 Å². The van der Waals surface area contributed by atoms with E-state index >= 15 is 0 Å². The molecule has 2 aromatic carbocycles. The standard InChI is InChI=1S/C17H13BrN2O2/c1-2-11-19-16(21)13-8-4-6-10-15(13)20-17(22)12-7-3-5-9-14(12)18/h1,3-10H,11H2,(H,19,21)(H,20,22). The number of benzene rings is 2. The second-order valence-corrected chi connectivity index (χ2v) is 5.22. The van der Waals surface area contributed by atoms with Gasteiger partial charge < -0.3 is 10.6 Å². The van der Waals surface area contributed by atoms with Crippen LogP contribution in [0.15, 0.2) is 53.0 Å². The summed E-state index contributed by atoms with van der Waals surface area (Å²) in [5.74, 6) is 1.70. The summed E-state index contributed by atoms with van der Waals surface area (Å²) in [7, 11) is 0. The minimum Gasteiger partial charge on any atom is -0.341 e. The molecule has 0 saturated heterocycles. The van der Waals surface area contributed by atoms with E-state index in [0.717, 1.165) is 0 Å². The van der Waals surface area contributed by atoms with Crippen molar-refractivity contribution in [2.75, 3.05) is 11.9 Å². The molecular formula is C17H13BrN2O2. The second-order valence-electron chi connectivity index (χ2n) is 4.37. The highest BCUT2D eigenvalue weighted by Gasteiger charge is 2.14. The van der Waals surface area contributed by atoms with Crippen molar-refractivity contribution in [1.82, 2.24) is 5.32 Å². The fourth-order valence-electron chi connectivity index (χ4n) is 1.85. The number of rotatable bonds is 4. The Balaban J connectivity index is 2.24. The molecule has 2 N–H and O–H groups in total. The molecule has 0 aliphatic heterocycles. The van der Waals surface area contributed by atoms with Crippen LogP contribution in [0.5, 0.6) is 0 Å². The normalized spacial score (nSPS) is 9.64. The van der Waals surface area contributed by atoms with Crippen molar-refractivity contribution in [1.29, 1.82) is 0 Å². The number of hydrogen-bond acceptors (Lipinski definition) is 2. The van der Waals surface area contributed by atoms with Crippen molar-refractivity contribution in [2.24, 2.45) is 0 Å². The number of carbonyl (C=O) groups excluding carboxylic acids is 2. The van der Waals surface area contributed by atoms with Crippen LogP contribution in [0.4, 0.5) is 5.69 Å². The van der Waals surface area contributed by atoms with Crippen molar-refractivity contribution in [3.63, 3.8) is 0 Å². The average molecular weight is 357 g/mol. The lowest BCUT2D eigenvalue weighted by Gasteiger charge is -2.11. The number of terminal acetylenes is 1. The van der Waals surface area contributed by atoms with Gasteiger partial charge in [-0.05, 0) is 40.2 Å². The van der Waals surface area contributed by atoms with Gasteiger partial charge >= 0.3 is 0 Å². The van der Waals surface area contributed by atoms with Crippen molar-refractivity contribution in [3.8, 4) is 12.3 Å². The number of halogens is 1. The first-order valence-corrected chi connectivity index (χ1v) is 7.29. The first-order chi connectivity index (χ1) is 10.6. The zero-order chi connectivity index (χ0) is 15.9. The first-order valence-electron chi connectivity index (χ1n) is 6.50. The number of amides is 2. The average Bonchev–Trinajstić information content (AvgIpc) is 2.53. The smallest absolute Gasteiger partial charge is 0.256 e. The van der Waals surface area contributed by atoms with Crippen molar-refractivity contribution in [2.45, 2.75) is 0 Å². The molecule has 0 fully saturated rings. The highest BCUT2D eigenvalue weighted by atomic mass is 79.9. The van der Waals surface area contributed by atoms with Gasteiger partial charge in [-0.3, -0.25) is 9.59 Å². The molecule has 0 aromatic heterocycles. The van der Waals surface area contributed by atoms with Gasteiger partial charge in [0, 0.05) is 4.47 Å². The molecule has 0 aliphatic rings. The number of para-hydroxylation sites is 1. The van der Waals surface area contributed by atoms with Gasteiger partial charge in [-0.15, -0.1) is 6.42 Å². The summed E-state index contributed by atoms with van der Waals surface area (Å²) in [6, 6.07) is 13.8. The molecule has 0 aliphatic carbocycles. The molecule has 4 nitrogen and oxygen atoms in total. The van der Waals surface area contributed by atoms with Crippen LogP contribution in [0.3, 0.4) is 0 Å². The predicted octanol–water partition coefficient (Wildman–Crippen LogP) is 3.06. The lowest BCUT2D eigenvalue weighted by Crippen LogP contribution is -2.25. The molecule has 0 spiro atoms. The largest absolute Gasteiger partial charge is 0.341 e. The van der Waals surface area contributed by atoms with Crippen LogP contribution in [0.2, 0.25) is 0 Å². The van der Waals surface area contributed by atoms with Gasteiger partial charge in [0.15, 0.2) is 0 Å². The molecule has 0 heterocycles. The monoisotopic (exact) mass is 356 g/mol. The molecule has 2 rings (SSSR count).